The fraction of sp³-hybridized carbons (Fsp3) is 0.333. The van der Waals surface area contributed by atoms with Crippen molar-refractivity contribution in [2.24, 2.45) is 14.1 Å². The maximum absolute atomic E-state index is 13.8. The van der Waals surface area contributed by atoms with Crippen molar-refractivity contribution in [1.29, 1.82) is 0 Å². The molecule has 2 aromatic heterocycles. The van der Waals surface area contributed by atoms with E-state index in [-0.39, 0.29) is 5.56 Å². The van der Waals surface area contributed by atoms with Crippen molar-refractivity contribution in [1.82, 2.24) is 9.13 Å². The molecule has 0 saturated heterocycles. The minimum atomic E-state index is -0.974. The Morgan fingerprint density at radius 3 is 2.57 bits per heavy atom. The van der Waals surface area contributed by atoms with E-state index in [4.69, 9.17) is 21.1 Å². The van der Waals surface area contributed by atoms with Gasteiger partial charge in [-0.1, -0.05) is 35.9 Å². The highest BCUT2D eigenvalue weighted by Crippen LogP contribution is 2.45. The number of pyridine rings is 1. The van der Waals surface area contributed by atoms with E-state index in [2.05, 4.69) is 0 Å². The molecule has 0 spiro atoms. The zero-order valence-electron chi connectivity index (χ0n) is 21.8. The zero-order valence-corrected chi connectivity index (χ0v) is 22.6. The topological polar surface area (TPSA) is 62.5 Å². The number of hydrogen-bond donors (Lipinski definition) is 0. The summed E-state index contributed by atoms with van der Waals surface area (Å²) in [6.45, 7) is 6.25. The summed E-state index contributed by atoms with van der Waals surface area (Å²) in [4.78, 5) is 26.2. The van der Waals surface area contributed by atoms with Crippen LogP contribution in [0.1, 0.15) is 44.6 Å². The lowest BCUT2D eigenvalue weighted by molar-refractivity contribution is -0.129. The molecule has 1 aliphatic rings. The summed E-state index contributed by atoms with van der Waals surface area (Å²) in [5.41, 5.74) is 4.01. The first kappa shape index (κ1) is 25.3. The second-order valence-electron chi connectivity index (χ2n) is 10.5. The molecule has 0 fully saturated rings. The van der Waals surface area contributed by atoms with Gasteiger partial charge in [-0.15, -0.1) is 0 Å². The number of aryl methyl sites for hydroxylation is 2. The third-order valence-electron chi connectivity index (χ3n) is 6.84. The molecule has 0 unspecified atom stereocenters. The lowest BCUT2D eigenvalue weighted by atomic mass is 9.91. The van der Waals surface area contributed by atoms with Crippen molar-refractivity contribution in [2.45, 2.75) is 45.3 Å². The molecule has 2 aromatic carbocycles. The molecule has 6 nitrogen and oxygen atoms in total. The number of nitrogens with zero attached hydrogens (tertiary/aromatic N) is 2. The molecule has 3 heterocycles. The minimum Gasteiger partial charge on any atom is -0.492 e. The quantitative estimate of drug-likeness (QED) is 0.293. The smallest absolute Gasteiger partial charge is 0.258 e. The van der Waals surface area contributed by atoms with Crippen molar-refractivity contribution in [2.75, 3.05) is 6.61 Å². The van der Waals surface area contributed by atoms with Crippen LogP contribution in [0.3, 0.4) is 0 Å². The van der Waals surface area contributed by atoms with Crippen LogP contribution in [-0.2, 0) is 30.0 Å². The number of benzene rings is 2. The van der Waals surface area contributed by atoms with E-state index in [1.54, 1.807) is 7.05 Å². The van der Waals surface area contributed by atoms with Gasteiger partial charge in [-0.3, -0.25) is 4.79 Å². The van der Waals surface area contributed by atoms with Crippen LogP contribution in [0, 0.1) is 0 Å². The highest BCUT2D eigenvalue weighted by atomic mass is 35.5. The third-order valence-corrected chi connectivity index (χ3v) is 7.21. The largest absolute Gasteiger partial charge is 0.492 e. The molecule has 37 heavy (non-hydrogen) atoms. The number of ether oxygens (including phenoxy) is 2. The molecule has 7 heteroatoms. The Kier molecular flexibility index (Phi) is 6.50. The number of rotatable bonds is 5. The summed E-state index contributed by atoms with van der Waals surface area (Å²) in [7, 11) is 3.65. The Balaban J connectivity index is 1.87. The molecule has 0 amide bonds. The Labute approximate surface area is 221 Å². The van der Waals surface area contributed by atoms with Crippen molar-refractivity contribution in [3.8, 4) is 28.1 Å². The Bertz CT molecular complexity index is 1580. The fourth-order valence-corrected chi connectivity index (χ4v) is 5.51. The van der Waals surface area contributed by atoms with Crippen LogP contribution in [0.2, 0.25) is 5.02 Å². The van der Waals surface area contributed by atoms with Crippen LogP contribution in [0.15, 0.2) is 53.5 Å². The SMILES string of the molecule is Cn1cccc1-c1ccc2c(-c3ccc4c(c3Cl)OCCC4)c([C@H](C=O)OC(C)(C)C)n(C)c(=O)c2c1. The predicted octanol–water partition coefficient (Wildman–Crippen LogP) is 6.24. The number of halogens is 1. The average molecular weight is 519 g/mol. The van der Waals surface area contributed by atoms with Gasteiger partial charge in [0.25, 0.3) is 5.56 Å². The normalized spacial score (nSPS) is 14.3. The van der Waals surface area contributed by atoms with E-state index in [1.165, 1.54) is 4.57 Å². The van der Waals surface area contributed by atoms with E-state index in [0.29, 0.717) is 45.0 Å². The van der Waals surface area contributed by atoms with Crippen molar-refractivity contribution in [3.05, 3.63) is 75.3 Å². The number of aromatic nitrogens is 2. The van der Waals surface area contributed by atoms with Crippen LogP contribution in [0.5, 0.6) is 5.75 Å². The highest BCUT2D eigenvalue weighted by molar-refractivity contribution is 6.35. The number of hydrogen-bond acceptors (Lipinski definition) is 4. The van der Waals surface area contributed by atoms with Gasteiger partial charge in [-0.05, 0) is 68.3 Å². The summed E-state index contributed by atoms with van der Waals surface area (Å²) < 4.78 is 15.7. The summed E-state index contributed by atoms with van der Waals surface area (Å²) >= 11 is 7.00. The number of aldehydes is 1. The standard InChI is InChI=1S/C30H31ClN2O4/c1-30(2,3)37-24(17-34)27-25(21-13-10-18-8-7-15-36-28(18)26(21)31)20-12-11-19(23-9-6-14-32(23)4)16-22(20)29(35)33(27)5/h6,9-14,16-17,24H,7-8,15H2,1-5H3/t24-/m0/s1. The van der Waals surface area contributed by atoms with Gasteiger partial charge in [0.15, 0.2) is 12.4 Å². The van der Waals surface area contributed by atoms with Crippen molar-refractivity contribution < 1.29 is 14.3 Å². The van der Waals surface area contributed by atoms with Gasteiger partial charge in [0, 0.05) is 42.5 Å². The zero-order chi connectivity index (χ0) is 26.5. The number of carbonyl (C=O) groups excluding carboxylic acids is 1. The second-order valence-corrected chi connectivity index (χ2v) is 10.9. The highest BCUT2D eigenvalue weighted by Gasteiger charge is 2.30. The second kappa shape index (κ2) is 9.51. The van der Waals surface area contributed by atoms with Crippen molar-refractivity contribution in [3.63, 3.8) is 0 Å². The van der Waals surface area contributed by atoms with E-state index < -0.39 is 11.7 Å². The summed E-state index contributed by atoms with van der Waals surface area (Å²) in [6, 6.07) is 13.8. The Hall–Kier alpha value is -3.35. The minimum absolute atomic E-state index is 0.209. The molecule has 0 N–H and O–H groups in total. The van der Waals surface area contributed by atoms with Crippen LogP contribution in [-0.4, -0.2) is 27.6 Å². The van der Waals surface area contributed by atoms with Gasteiger partial charge in [0.2, 0.25) is 0 Å². The van der Waals surface area contributed by atoms with Gasteiger partial charge in [0.05, 0.1) is 22.9 Å². The van der Waals surface area contributed by atoms with Gasteiger partial charge in [-0.2, -0.15) is 0 Å². The first-order valence-corrected chi connectivity index (χ1v) is 12.8. The Morgan fingerprint density at radius 1 is 1.11 bits per heavy atom. The molecular formula is C30H31ClN2O4. The van der Waals surface area contributed by atoms with Crippen molar-refractivity contribution >= 4 is 28.7 Å². The Morgan fingerprint density at radius 2 is 1.89 bits per heavy atom. The summed E-state index contributed by atoms with van der Waals surface area (Å²) in [5, 5.41) is 1.72. The molecule has 192 valence electrons. The predicted molar refractivity (Wildman–Crippen MR) is 148 cm³/mol. The molecule has 0 aliphatic carbocycles. The van der Waals surface area contributed by atoms with E-state index >= 15 is 0 Å². The summed E-state index contributed by atoms with van der Waals surface area (Å²) in [5.74, 6) is 0.665. The van der Waals surface area contributed by atoms with Crippen LogP contribution >= 0.6 is 11.6 Å². The van der Waals surface area contributed by atoms with Gasteiger partial charge < -0.3 is 23.4 Å². The van der Waals surface area contributed by atoms with Gasteiger partial charge >= 0.3 is 0 Å². The van der Waals surface area contributed by atoms with Crippen LogP contribution < -0.4 is 10.3 Å². The molecule has 4 aromatic rings. The van der Waals surface area contributed by atoms with E-state index in [9.17, 15) is 9.59 Å². The van der Waals surface area contributed by atoms with Gasteiger partial charge in [-0.25, -0.2) is 0 Å². The molecule has 0 saturated carbocycles. The maximum Gasteiger partial charge on any atom is 0.258 e. The lowest BCUT2D eigenvalue weighted by Crippen LogP contribution is -2.30. The first-order valence-electron chi connectivity index (χ1n) is 12.5. The van der Waals surface area contributed by atoms with Crippen LogP contribution in [0.25, 0.3) is 33.2 Å². The van der Waals surface area contributed by atoms with E-state index in [0.717, 1.165) is 35.9 Å². The first-order chi connectivity index (χ1) is 17.6. The molecule has 0 radical (unpaired) electrons. The maximum atomic E-state index is 13.8. The molecule has 1 aliphatic heterocycles. The average Bonchev–Trinajstić information content (AvgIpc) is 3.30. The fourth-order valence-electron chi connectivity index (χ4n) is 5.18. The summed E-state index contributed by atoms with van der Waals surface area (Å²) in [6.07, 6.45) is 3.57. The van der Waals surface area contributed by atoms with Gasteiger partial charge in [0.1, 0.15) is 5.75 Å². The molecule has 5 rings (SSSR count). The molecule has 1 atom stereocenters. The third kappa shape index (κ3) is 4.49. The number of carbonyl (C=O) groups is 1. The lowest BCUT2D eigenvalue weighted by Gasteiger charge is -2.29. The monoisotopic (exact) mass is 518 g/mol. The van der Waals surface area contributed by atoms with E-state index in [1.807, 2.05) is 81.0 Å². The molecule has 0 bridgehead atoms. The number of fused-ring (bicyclic) bond motifs is 2. The van der Waals surface area contributed by atoms with Crippen LogP contribution in [0.4, 0.5) is 0 Å². The molecular weight excluding hydrogens is 488 g/mol.